The minimum atomic E-state index is -1.71. The molecule has 4 nitrogen and oxygen atoms in total. The van der Waals surface area contributed by atoms with Gasteiger partial charge in [0.05, 0.1) is 36.1 Å². The van der Waals surface area contributed by atoms with Gasteiger partial charge in [0.1, 0.15) is 0 Å². The summed E-state index contributed by atoms with van der Waals surface area (Å²) in [5.74, 6) is -0.689. The van der Waals surface area contributed by atoms with E-state index in [0.717, 1.165) is 6.07 Å². The molecule has 0 aliphatic rings. The third kappa shape index (κ3) is 2.93. The zero-order valence-electron chi connectivity index (χ0n) is 8.66. The fourth-order valence-electron chi connectivity index (χ4n) is 1.13. The van der Waals surface area contributed by atoms with E-state index in [1.807, 2.05) is 6.07 Å². The Morgan fingerprint density at radius 1 is 1.62 bits per heavy atom. The van der Waals surface area contributed by atoms with Crippen LogP contribution in [0.4, 0.5) is 4.39 Å². The lowest BCUT2D eigenvalue weighted by atomic mass is 10.1. The number of nitrogens with one attached hydrogen (secondary N) is 1. The van der Waals surface area contributed by atoms with Crippen molar-refractivity contribution in [2.45, 2.75) is 11.8 Å². The second kappa shape index (κ2) is 5.82. The van der Waals surface area contributed by atoms with Crippen LogP contribution in [-0.2, 0) is 11.4 Å². The number of benzene rings is 1. The highest BCUT2D eigenvalue weighted by Crippen LogP contribution is 2.19. The summed E-state index contributed by atoms with van der Waals surface area (Å²) in [4.78, 5) is -0.00931. The second-order valence-electron chi connectivity index (χ2n) is 3.10. The average molecular weight is 242 g/mol. The normalized spacial score (nSPS) is 12.2. The van der Waals surface area contributed by atoms with E-state index in [4.69, 9.17) is 10.4 Å². The van der Waals surface area contributed by atoms with E-state index >= 15 is 0 Å². The largest absolute Gasteiger partial charge is 0.593 e. The van der Waals surface area contributed by atoms with Crippen molar-refractivity contribution in [2.24, 2.45) is 0 Å². The molecule has 0 aliphatic heterocycles. The van der Waals surface area contributed by atoms with Crippen LogP contribution in [0.1, 0.15) is 11.1 Å². The first-order chi connectivity index (χ1) is 7.60. The fourth-order valence-corrected chi connectivity index (χ4v) is 2.09. The van der Waals surface area contributed by atoms with Crippen molar-refractivity contribution in [3.63, 3.8) is 0 Å². The Hall–Kier alpha value is -1.13. The molecule has 0 saturated heterocycles. The molecule has 0 spiro atoms. The lowest BCUT2D eigenvalue weighted by Gasteiger charge is -2.11. The van der Waals surface area contributed by atoms with Crippen LogP contribution in [0.2, 0.25) is 0 Å². The van der Waals surface area contributed by atoms with Crippen molar-refractivity contribution in [2.75, 3.05) is 13.2 Å². The van der Waals surface area contributed by atoms with Crippen LogP contribution in [0.15, 0.2) is 17.0 Å². The van der Waals surface area contributed by atoms with E-state index < -0.39 is 17.2 Å². The molecule has 1 aromatic carbocycles. The van der Waals surface area contributed by atoms with Crippen molar-refractivity contribution >= 4 is 11.4 Å². The van der Waals surface area contributed by atoms with Crippen molar-refractivity contribution in [3.8, 4) is 6.07 Å². The topological polar surface area (TPSA) is 79.1 Å². The third-order valence-electron chi connectivity index (χ3n) is 1.94. The van der Waals surface area contributed by atoms with E-state index in [1.165, 1.54) is 6.07 Å². The van der Waals surface area contributed by atoms with Crippen molar-refractivity contribution in [3.05, 3.63) is 29.1 Å². The van der Waals surface area contributed by atoms with Crippen LogP contribution in [0, 0.1) is 24.1 Å². The highest BCUT2D eigenvalue weighted by atomic mass is 32.2. The second-order valence-corrected chi connectivity index (χ2v) is 4.36. The van der Waals surface area contributed by atoms with Crippen molar-refractivity contribution in [1.29, 1.82) is 5.26 Å². The molecule has 0 amide bonds. The van der Waals surface area contributed by atoms with Gasteiger partial charge in [-0.25, -0.2) is 4.39 Å². The van der Waals surface area contributed by atoms with Gasteiger partial charge in [0, 0.05) is 6.07 Å². The quantitative estimate of drug-likeness (QED) is 0.758. The molecule has 0 aromatic heterocycles. The summed E-state index contributed by atoms with van der Waals surface area (Å²) >= 11 is -1.71. The number of hydrogen-bond donors (Lipinski definition) is 2. The molecular formula is C10H11FN2O2S. The molecule has 2 N–H and O–H groups in total. The molecular weight excluding hydrogens is 231 g/mol. The monoisotopic (exact) mass is 242 g/mol. The lowest BCUT2D eigenvalue weighted by Crippen LogP contribution is -2.27. The molecule has 1 atom stereocenters. The molecule has 0 fully saturated rings. The maximum Gasteiger partial charge on any atom is 0.209 e. The Morgan fingerprint density at radius 3 is 2.88 bits per heavy atom. The maximum atomic E-state index is 13.4. The fraction of sp³-hybridized carbons (Fsp3) is 0.300. The summed E-state index contributed by atoms with van der Waals surface area (Å²) in [6.07, 6.45) is 0. The van der Waals surface area contributed by atoms with E-state index in [0.29, 0.717) is 5.56 Å². The molecule has 0 aliphatic carbocycles. The Morgan fingerprint density at radius 2 is 2.31 bits per heavy atom. The molecule has 0 radical (unpaired) electrons. The van der Waals surface area contributed by atoms with Gasteiger partial charge in [-0.15, -0.1) is 4.72 Å². The van der Waals surface area contributed by atoms with Gasteiger partial charge in [-0.1, -0.05) is 0 Å². The van der Waals surface area contributed by atoms with Gasteiger partial charge in [0.25, 0.3) is 0 Å². The van der Waals surface area contributed by atoms with E-state index in [2.05, 4.69) is 4.72 Å². The summed E-state index contributed by atoms with van der Waals surface area (Å²) in [6.45, 7) is 1.58. The number of nitriles is 1. The van der Waals surface area contributed by atoms with Crippen molar-refractivity contribution in [1.82, 2.24) is 4.72 Å². The number of aliphatic hydroxyl groups excluding tert-OH is 1. The van der Waals surface area contributed by atoms with E-state index in [-0.39, 0.29) is 23.6 Å². The highest BCUT2D eigenvalue weighted by molar-refractivity contribution is 7.89. The lowest BCUT2D eigenvalue weighted by molar-refractivity contribution is 0.301. The first-order valence-electron chi connectivity index (χ1n) is 4.56. The van der Waals surface area contributed by atoms with E-state index in [9.17, 15) is 8.94 Å². The number of halogens is 1. The summed E-state index contributed by atoms with van der Waals surface area (Å²) in [5.41, 5.74) is 0.790. The summed E-state index contributed by atoms with van der Waals surface area (Å²) in [6, 6.07) is 4.27. The van der Waals surface area contributed by atoms with Crippen LogP contribution in [-0.4, -0.2) is 22.8 Å². The minimum absolute atomic E-state index is 0.00931. The van der Waals surface area contributed by atoms with Crippen LogP contribution in [0.3, 0.4) is 0 Å². The molecule has 16 heavy (non-hydrogen) atoms. The molecule has 0 bridgehead atoms. The maximum absolute atomic E-state index is 13.4. The number of nitrogens with zero attached hydrogens (tertiary/aromatic N) is 1. The summed E-state index contributed by atoms with van der Waals surface area (Å²) < 4.78 is 27.4. The average Bonchev–Trinajstić information content (AvgIpc) is 2.28. The molecule has 86 valence electrons. The summed E-state index contributed by atoms with van der Waals surface area (Å²) in [7, 11) is 0. The van der Waals surface area contributed by atoms with Gasteiger partial charge in [0.15, 0.2) is 5.82 Å². The van der Waals surface area contributed by atoms with Crippen LogP contribution in [0.5, 0.6) is 0 Å². The molecule has 1 unspecified atom stereocenters. The zero-order valence-corrected chi connectivity index (χ0v) is 9.47. The van der Waals surface area contributed by atoms with Gasteiger partial charge >= 0.3 is 0 Å². The predicted molar refractivity (Wildman–Crippen MR) is 57.3 cm³/mol. The third-order valence-corrected chi connectivity index (χ3v) is 3.12. The van der Waals surface area contributed by atoms with Gasteiger partial charge in [0.2, 0.25) is 4.90 Å². The number of aryl methyl sites for hydroxylation is 1. The molecule has 0 saturated carbocycles. The molecule has 0 heterocycles. The van der Waals surface area contributed by atoms with Gasteiger partial charge in [-0.2, -0.15) is 5.26 Å². The summed E-state index contributed by atoms with van der Waals surface area (Å²) in [5, 5.41) is 17.2. The van der Waals surface area contributed by atoms with E-state index in [1.54, 1.807) is 6.92 Å². The Labute approximate surface area is 96.0 Å². The zero-order chi connectivity index (χ0) is 12.1. The van der Waals surface area contributed by atoms with Crippen LogP contribution >= 0.6 is 0 Å². The highest BCUT2D eigenvalue weighted by Gasteiger charge is 2.18. The number of hydrogen-bond acceptors (Lipinski definition) is 4. The Balaban J connectivity index is 2.97. The Kier molecular flexibility index (Phi) is 4.71. The number of aliphatic hydroxyl groups is 1. The van der Waals surface area contributed by atoms with Gasteiger partial charge in [-0.05, 0) is 18.6 Å². The molecule has 1 aromatic rings. The smallest absolute Gasteiger partial charge is 0.209 e. The predicted octanol–water partition coefficient (Wildman–Crippen LogP) is 0.610. The SMILES string of the molecule is Cc1cc([S+]([O-])NCCO)c(F)cc1C#N. The minimum Gasteiger partial charge on any atom is -0.593 e. The van der Waals surface area contributed by atoms with Gasteiger partial charge < -0.3 is 9.66 Å². The number of rotatable bonds is 4. The first-order valence-corrected chi connectivity index (χ1v) is 5.71. The van der Waals surface area contributed by atoms with Crippen molar-refractivity contribution < 1.29 is 14.0 Å². The van der Waals surface area contributed by atoms with Crippen LogP contribution < -0.4 is 4.72 Å². The molecule has 1 rings (SSSR count). The Bertz CT molecular complexity index is 420. The van der Waals surface area contributed by atoms with Gasteiger partial charge in [-0.3, -0.25) is 0 Å². The van der Waals surface area contributed by atoms with Crippen LogP contribution in [0.25, 0.3) is 0 Å². The first kappa shape index (κ1) is 12.9. The standard InChI is InChI=1S/C10H11FN2O2S/c1-7-4-10(16(15)13-2-3-14)9(11)5-8(7)6-12/h4-5,13-14H,2-3H2,1H3. The molecule has 6 heteroatoms.